The van der Waals surface area contributed by atoms with E-state index >= 15 is 0 Å². The molecule has 2 N–H and O–H groups in total. The van der Waals surface area contributed by atoms with Gasteiger partial charge in [0.15, 0.2) is 0 Å². The van der Waals surface area contributed by atoms with Crippen LogP contribution >= 0.6 is 11.3 Å². The zero-order valence-electron chi connectivity index (χ0n) is 21.3. The molecule has 5 rings (SSSR count). The molecular weight excluding hydrogens is 520 g/mol. The molecule has 194 valence electrons. The smallest absolute Gasteiger partial charge is 0.264 e. The SMILES string of the molecule is CCOc1ccc(-c2c(C)sc3ncnc(Nc4ccc(S(=O)(=O)Nc5nc(C)cc(C)n5)cc4)c23)cc1. The van der Waals surface area contributed by atoms with Crippen LogP contribution in [-0.4, -0.2) is 35.0 Å². The second-order valence-corrected chi connectivity index (χ2v) is 11.5. The summed E-state index contributed by atoms with van der Waals surface area (Å²) in [7, 11) is -3.86. The van der Waals surface area contributed by atoms with E-state index in [0.29, 0.717) is 29.5 Å². The van der Waals surface area contributed by atoms with Crippen molar-refractivity contribution in [3.8, 4) is 16.9 Å². The summed E-state index contributed by atoms with van der Waals surface area (Å²) in [6.45, 7) is 8.20. The molecule has 0 spiro atoms. The lowest BCUT2D eigenvalue weighted by Crippen LogP contribution is -2.15. The number of ether oxygens (including phenoxy) is 1. The fraction of sp³-hybridized carbons (Fsp3) is 0.185. The second-order valence-electron chi connectivity index (χ2n) is 8.62. The first-order chi connectivity index (χ1) is 18.2. The van der Waals surface area contributed by atoms with E-state index in [0.717, 1.165) is 32.0 Å². The molecule has 38 heavy (non-hydrogen) atoms. The molecule has 0 fully saturated rings. The molecule has 9 nitrogen and oxygen atoms in total. The van der Waals surface area contributed by atoms with Gasteiger partial charge in [-0.1, -0.05) is 12.1 Å². The Bertz CT molecular complexity index is 1700. The van der Waals surface area contributed by atoms with Crippen molar-refractivity contribution >= 4 is 49.0 Å². The maximum absolute atomic E-state index is 12.9. The number of nitrogens with one attached hydrogen (secondary N) is 2. The van der Waals surface area contributed by atoms with Crippen molar-refractivity contribution in [3.05, 3.63) is 77.2 Å². The van der Waals surface area contributed by atoms with Crippen molar-refractivity contribution in [2.24, 2.45) is 0 Å². The molecule has 11 heteroatoms. The van der Waals surface area contributed by atoms with E-state index in [9.17, 15) is 8.42 Å². The van der Waals surface area contributed by atoms with Gasteiger partial charge in [-0.2, -0.15) is 0 Å². The van der Waals surface area contributed by atoms with Crippen LogP contribution in [0.3, 0.4) is 0 Å². The predicted octanol–water partition coefficient (Wildman–Crippen LogP) is 6.02. The van der Waals surface area contributed by atoms with Crippen LogP contribution in [0.4, 0.5) is 17.5 Å². The van der Waals surface area contributed by atoms with E-state index in [-0.39, 0.29) is 10.8 Å². The van der Waals surface area contributed by atoms with E-state index in [1.54, 1.807) is 43.4 Å². The molecule has 0 saturated carbocycles. The van der Waals surface area contributed by atoms with Crippen LogP contribution in [0.15, 0.2) is 65.8 Å². The molecule has 0 aliphatic rings. The predicted molar refractivity (Wildman–Crippen MR) is 151 cm³/mol. The summed E-state index contributed by atoms with van der Waals surface area (Å²) in [5.41, 5.74) is 4.13. The maximum atomic E-state index is 12.9. The molecule has 0 amide bonds. The van der Waals surface area contributed by atoms with Crippen molar-refractivity contribution in [2.75, 3.05) is 16.6 Å². The Hall–Kier alpha value is -4.09. The number of rotatable bonds is 8. The Morgan fingerprint density at radius 1 is 0.921 bits per heavy atom. The number of aryl methyl sites for hydroxylation is 3. The van der Waals surface area contributed by atoms with Gasteiger partial charge in [-0.3, -0.25) is 0 Å². The molecule has 3 aromatic heterocycles. The topological polar surface area (TPSA) is 119 Å². The van der Waals surface area contributed by atoms with E-state index in [1.165, 1.54) is 18.5 Å². The molecule has 0 unspecified atom stereocenters. The van der Waals surface area contributed by atoms with Crippen LogP contribution in [0.1, 0.15) is 23.2 Å². The van der Waals surface area contributed by atoms with Crippen molar-refractivity contribution in [1.82, 2.24) is 19.9 Å². The number of hydrogen-bond donors (Lipinski definition) is 2. The van der Waals surface area contributed by atoms with Gasteiger partial charge in [0.2, 0.25) is 5.95 Å². The van der Waals surface area contributed by atoms with Gasteiger partial charge in [-0.25, -0.2) is 33.1 Å². The summed E-state index contributed by atoms with van der Waals surface area (Å²) in [6, 6.07) is 16.2. The molecular formula is C27H26N6O3S2. The average Bonchev–Trinajstić information content (AvgIpc) is 3.21. The highest BCUT2D eigenvalue weighted by Gasteiger charge is 2.19. The van der Waals surface area contributed by atoms with Crippen molar-refractivity contribution in [3.63, 3.8) is 0 Å². The lowest BCUT2D eigenvalue weighted by Gasteiger charge is -2.11. The molecule has 0 radical (unpaired) electrons. The van der Waals surface area contributed by atoms with Crippen molar-refractivity contribution in [2.45, 2.75) is 32.6 Å². The first-order valence-electron chi connectivity index (χ1n) is 11.9. The van der Waals surface area contributed by atoms with Crippen molar-refractivity contribution in [1.29, 1.82) is 0 Å². The Morgan fingerprint density at radius 2 is 1.61 bits per heavy atom. The Labute approximate surface area is 225 Å². The third kappa shape index (κ3) is 5.29. The summed E-state index contributed by atoms with van der Waals surface area (Å²) < 4.78 is 33.8. The van der Waals surface area contributed by atoms with Gasteiger partial charge < -0.3 is 10.1 Å². The van der Waals surface area contributed by atoms with E-state index in [4.69, 9.17) is 4.74 Å². The number of sulfonamides is 1. The summed E-state index contributed by atoms with van der Waals surface area (Å²) >= 11 is 1.60. The van der Waals surface area contributed by atoms with E-state index < -0.39 is 10.0 Å². The number of hydrogen-bond acceptors (Lipinski definition) is 9. The number of nitrogens with zero attached hydrogens (tertiary/aromatic N) is 4. The highest BCUT2D eigenvalue weighted by Crippen LogP contribution is 2.41. The largest absolute Gasteiger partial charge is 0.494 e. The first kappa shape index (κ1) is 25.6. The minimum absolute atomic E-state index is 0.0442. The summed E-state index contributed by atoms with van der Waals surface area (Å²) in [4.78, 5) is 19.4. The van der Waals surface area contributed by atoms with E-state index in [1.807, 2.05) is 31.2 Å². The van der Waals surface area contributed by atoms with Gasteiger partial charge >= 0.3 is 0 Å². The minimum atomic E-state index is -3.86. The molecule has 0 atom stereocenters. The maximum Gasteiger partial charge on any atom is 0.264 e. The molecule has 2 aromatic carbocycles. The van der Waals surface area contributed by atoms with Crippen LogP contribution in [0.25, 0.3) is 21.3 Å². The molecule has 0 saturated heterocycles. The lowest BCUT2D eigenvalue weighted by atomic mass is 10.0. The molecule has 0 aliphatic heterocycles. The van der Waals surface area contributed by atoms with Crippen LogP contribution in [0, 0.1) is 20.8 Å². The van der Waals surface area contributed by atoms with E-state index in [2.05, 4.69) is 36.9 Å². The average molecular weight is 547 g/mol. The quantitative estimate of drug-likeness (QED) is 0.243. The standard InChI is InChI=1S/C27H26N6O3S2/c1-5-36-21-10-6-19(7-11-21)23-18(4)37-26-24(23)25(28-15-29-26)32-20-8-12-22(13-9-20)38(34,35)33-27-30-16(2)14-17(3)31-27/h6-15H,5H2,1-4H3,(H,28,29,32)(H,30,31,33). The zero-order valence-corrected chi connectivity index (χ0v) is 22.9. The summed E-state index contributed by atoms with van der Waals surface area (Å²) in [6.07, 6.45) is 1.52. The van der Waals surface area contributed by atoms with Crippen LogP contribution in [-0.2, 0) is 10.0 Å². The number of fused-ring (bicyclic) bond motifs is 1. The zero-order chi connectivity index (χ0) is 26.9. The van der Waals surface area contributed by atoms with Gasteiger partial charge in [0, 0.05) is 27.5 Å². The Balaban J connectivity index is 1.43. The van der Waals surface area contributed by atoms with Crippen LogP contribution in [0.2, 0.25) is 0 Å². The van der Waals surface area contributed by atoms with Gasteiger partial charge in [0.1, 0.15) is 22.7 Å². The minimum Gasteiger partial charge on any atom is -0.494 e. The second kappa shape index (κ2) is 10.3. The number of aromatic nitrogens is 4. The number of thiophene rings is 1. The normalized spacial score (nSPS) is 11.5. The highest BCUT2D eigenvalue weighted by atomic mass is 32.2. The van der Waals surface area contributed by atoms with Gasteiger partial charge in [-0.15, -0.1) is 11.3 Å². The number of anilines is 3. The third-order valence-corrected chi connectivity index (χ3v) is 8.11. The van der Waals surface area contributed by atoms with Gasteiger partial charge in [-0.05, 0) is 75.7 Å². The van der Waals surface area contributed by atoms with Gasteiger partial charge in [0.05, 0.1) is 16.9 Å². The van der Waals surface area contributed by atoms with Gasteiger partial charge in [0.25, 0.3) is 10.0 Å². The highest BCUT2D eigenvalue weighted by molar-refractivity contribution is 7.92. The third-order valence-electron chi connectivity index (χ3n) is 5.75. The fourth-order valence-corrected chi connectivity index (χ4v) is 6.13. The summed E-state index contributed by atoms with van der Waals surface area (Å²) in [5, 5.41) is 4.24. The Kier molecular flexibility index (Phi) is 6.96. The van der Waals surface area contributed by atoms with Crippen LogP contribution in [0.5, 0.6) is 5.75 Å². The molecule has 3 heterocycles. The van der Waals surface area contributed by atoms with Crippen LogP contribution < -0.4 is 14.8 Å². The molecule has 5 aromatic rings. The summed E-state index contributed by atoms with van der Waals surface area (Å²) in [5.74, 6) is 1.50. The Morgan fingerprint density at radius 3 is 2.26 bits per heavy atom. The fourth-order valence-electron chi connectivity index (χ4n) is 4.18. The lowest BCUT2D eigenvalue weighted by molar-refractivity contribution is 0.340. The number of benzene rings is 2. The first-order valence-corrected chi connectivity index (χ1v) is 14.2. The monoisotopic (exact) mass is 546 g/mol. The molecule has 0 bridgehead atoms. The molecule has 0 aliphatic carbocycles. The van der Waals surface area contributed by atoms with Crippen molar-refractivity contribution < 1.29 is 13.2 Å².